The lowest BCUT2D eigenvalue weighted by Gasteiger charge is -2.36. The van der Waals surface area contributed by atoms with Crippen LogP contribution in [0.2, 0.25) is 0 Å². The van der Waals surface area contributed by atoms with Gasteiger partial charge in [0.1, 0.15) is 17.2 Å². The molecule has 1 fully saturated rings. The first-order valence-electron chi connectivity index (χ1n) is 12.3. The number of amides is 3. The molecular formula is C27H26F4N8O3. The zero-order valence-corrected chi connectivity index (χ0v) is 22.7. The minimum absolute atomic E-state index is 0.0332. The number of urea groups is 1. The van der Waals surface area contributed by atoms with Crippen molar-refractivity contribution in [2.45, 2.75) is 12.7 Å². The standard InChI is InChI=1S/C27H26F4N8O3/c1-37(2)14-20(34-16-9-7-15(32)8-10-16)23-24(33)38(13-17-18(27(29,30)31)5-4-6-19(17)28)26(41)39(25(23)40)21-11-12-22(42-3)36-35-21/h4-12,33-34H,13-14,32H2,1-3H3/b23-20+,33-24?. The second-order valence-electron chi connectivity index (χ2n) is 9.39. The molecule has 1 aliphatic rings. The highest BCUT2D eigenvalue weighted by molar-refractivity contribution is 6.38. The van der Waals surface area contributed by atoms with E-state index in [0.29, 0.717) is 27.2 Å². The third kappa shape index (κ3) is 6.15. The van der Waals surface area contributed by atoms with Crippen molar-refractivity contribution in [1.82, 2.24) is 20.0 Å². The fourth-order valence-electron chi connectivity index (χ4n) is 4.19. The Morgan fingerprint density at radius 3 is 2.33 bits per heavy atom. The summed E-state index contributed by atoms with van der Waals surface area (Å²) in [5.41, 5.74) is 4.29. The SMILES string of the molecule is COc1ccc(N2C(=O)/C(=C(\CN(C)C)Nc3ccc(N)cc3)C(=N)N(Cc3c(F)cccc3C(F)(F)F)C2=O)nn1. The topological polar surface area (TPSA) is 141 Å². The first-order chi connectivity index (χ1) is 19.8. The molecule has 2 heterocycles. The third-order valence-electron chi connectivity index (χ3n) is 6.13. The van der Waals surface area contributed by atoms with Crippen LogP contribution in [0.5, 0.6) is 5.88 Å². The number of nitrogens with zero attached hydrogens (tertiary/aromatic N) is 5. The van der Waals surface area contributed by atoms with Crippen LogP contribution < -0.4 is 20.7 Å². The number of hydrogen-bond acceptors (Lipinski definition) is 9. The van der Waals surface area contributed by atoms with Crippen molar-refractivity contribution in [3.8, 4) is 5.88 Å². The fraction of sp³-hybridized carbons (Fsp3) is 0.222. The van der Waals surface area contributed by atoms with Crippen LogP contribution in [0.4, 0.5) is 39.5 Å². The molecule has 2 aromatic carbocycles. The average Bonchev–Trinajstić information content (AvgIpc) is 2.92. The van der Waals surface area contributed by atoms with Crippen LogP contribution in [0, 0.1) is 11.2 Å². The summed E-state index contributed by atoms with van der Waals surface area (Å²) in [5.74, 6) is -3.20. The molecule has 3 amide bonds. The molecule has 11 nitrogen and oxygen atoms in total. The van der Waals surface area contributed by atoms with Gasteiger partial charge in [-0.3, -0.25) is 15.1 Å². The molecule has 0 bridgehead atoms. The quantitative estimate of drug-likeness (QED) is 0.204. The van der Waals surface area contributed by atoms with Crippen molar-refractivity contribution in [2.24, 2.45) is 0 Å². The summed E-state index contributed by atoms with van der Waals surface area (Å²) in [4.78, 5) is 30.4. The number of imide groups is 1. The highest BCUT2D eigenvalue weighted by Crippen LogP contribution is 2.35. The summed E-state index contributed by atoms with van der Waals surface area (Å²) < 4.78 is 61.3. The number of alkyl halides is 3. The number of amidine groups is 1. The predicted octanol–water partition coefficient (Wildman–Crippen LogP) is 4.10. The lowest BCUT2D eigenvalue weighted by atomic mass is 10.0. The van der Waals surface area contributed by atoms with Crippen LogP contribution >= 0.6 is 0 Å². The number of halogens is 4. The van der Waals surface area contributed by atoms with Gasteiger partial charge < -0.3 is 20.7 Å². The zero-order chi connectivity index (χ0) is 30.8. The zero-order valence-electron chi connectivity index (χ0n) is 22.7. The summed E-state index contributed by atoms with van der Waals surface area (Å²) >= 11 is 0. The number of nitrogen functional groups attached to an aromatic ring is 1. The second kappa shape index (κ2) is 11.8. The number of carbonyl (C=O) groups is 2. The Balaban J connectivity index is 1.91. The van der Waals surface area contributed by atoms with Crippen LogP contribution in [0.25, 0.3) is 0 Å². The maximum atomic E-state index is 14.9. The van der Waals surface area contributed by atoms with E-state index in [0.717, 1.165) is 12.1 Å². The van der Waals surface area contributed by atoms with E-state index in [-0.39, 0.29) is 29.5 Å². The first kappa shape index (κ1) is 29.9. The normalized spacial score (nSPS) is 15.4. The van der Waals surface area contributed by atoms with Gasteiger partial charge in [0, 0.05) is 35.2 Å². The number of carbonyl (C=O) groups excluding carboxylic acids is 2. The van der Waals surface area contributed by atoms with E-state index in [4.69, 9.17) is 15.9 Å². The Labute approximate surface area is 237 Å². The van der Waals surface area contributed by atoms with Gasteiger partial charge in [-0.25, -0.2) is 14.1 Å². The Morgan fingerprint density at radius 1 is 1.07 bits per heavy atom. The minimum atomic E-state index is -4.96. The van der Waals surface area contributed by atoms with Gasteiger partial charge in [0.15, 0.2) is 5.82 Å². The molecule has 0 atom stereocenters. The number of aromatic nitrogens is 2. The number of rotatable bonds is 8. The summed E-state index contributed by atoms with van der Waals surface area (Å²) in [6.07, 6.45) is -4.96. The number of ether oxygens (including phenoxy) is 1. The number of nitrogens with one attached hydrogen (secondary N) is 2. The molecule has 3 aromatic rings. The molecule has 220 valence electrons. The number of anilines is 3. The van der Waals surface area contributed by atoms with Crippen molar-refractivity contribution < 1.29 is 31.9 Å². The van der Waals surface area contributed by atoms with Gasteiger partial charge in [-0.2, -0.15) is 13.2 Å². The molecule has 0 saturated carbocycles. The van der Waals surface area contributed by atoms with Crippen LogP contribution in [0.3, 0.4) is 0 Å². The molecule has 0 radical (unpaired) electrons. The number of likely N-dealkylation sites (N-methyl/N-ethyl adjacent to an activating group) is 1. The fourth-order valence-corrected chi connectivity index (χ4v) is 4.19. The van der Waals surface area contributed by atoms with Gasteiger partial charge in [0.25, 0.3) is 5.91 Å². The van der Waals surface area contributed by atoms with Crippen molar-refractivity contribution in [1.29, 1.82) is 5.41 Å². The summed E-state index contributed by atoms with van der Waals surface area (Å²) in [5, 5.41) is 19.5. The molecule has 1 saturated heterocycles. The van der Waals surface area contributed by atoms with Crippen molar-refractivity contribution in [3.05, 3.63) is 82.8 Å². The maximum absolute atomic E-state index is 14.9. The second-order valence-corrected chi connectivity index (χ2v) is 9.39. The number of methoxy groups -OCH3 is 1. The third-order valence-corrected chi connectivity index (χ3v) is 6.13. The Kier molecular flexibility index (Phi) is 8.42. The highest BCUT2D eigenvalue weighted by atomic mass is 19.4. The van der Waals surface area contributed by atoms with Crippen molar-refractivity contribution in [3.63, 3.8) is 0 Å². The molecule has 4 N–H and O–H groups in total. The molecule has 1 aliphatic heterocycles. The minimum Gasteiger partial charge on any atom is -0.480 e. The van der Waals surface area contributed by atoms with Crippen LogP contribution in [-0.2, 0) is 17.5 Å². The number of benzene rings is 2. The molecule has 0 aliphatic carbocycles. The Morgan fingerprint density at radius 2 is 1.76 bits per heavy atom. The average molecular weight is 587 g/mol. The van der Waals surface area contributed by atoms with Gasteiger partial charge >= 0.3 is 12.2 Å². The predicted molar refractivity (Wildman–Crippen MR) is 146 cm³/mol. The molecule has 15 heteroatoms. The van der Waals surface area contributed by atoms with Gasteiger partial charge in [-0.1, -0.05) is 6.07 Å². The smallest absolute Gasteiger partial charge is 0.416 e. The van der Waals surface area contributed by atoms with Crippen molar-refractivity contribution in [2.75, 3.05) is 43.7 Å². The van der Waals surface area contributed by atoms with E-state index < -0.39 is 47.4 Å². The van der Waals surface area contributed by atoms with Gasteiger partial charge in [-0.15, -0.1) is 10.2 Å². The highest BCUT2D eigenvalue weighted by Gasteiger charge is 2.45. The van der Waals surface area contributed by atoms with E-state index in [1.54, 1.807) is 43.3 Å². The molecule has 4 rings (SSSR count). The van der Waals surface area contributed by atoms with Crippen LogP contribution in [0.1, 0.15) is 11.1 Å². The van der Waals surface area contributed by atoms with Gasteiger partial charge in [0.05, 0.1) is 19.2 Å². The molecule has 0 unspecified atom stereocenters. The summed E-state index contributed by atoms with van der Waals surface area (Å²) in [6, 6.07) is 10.2. The van der Waals surface area contributed by atoms with Gasteiger partial charge in [0.2, 0.25) is 5.88 Å². The molecular weight excluding hydrogens is 560 g/mol. The largest absolute Gasteiger partial charge is 0.480 e. The van der Waals surface area contributed by atoms with E-state index in [1.807, 2.05) is 0 Å². The summed E-state index contributed by atoms with van der Waals surface area (Å²) in [7, 11) is 4.70. The van der Waals surface area contributed by atoms with Crippen LogP contribution in [0.15, 0.2) is 65.9 Å². The van der Waals surface area contributed by atoms with E-state index in [1.165, 1.54) is 19.2 Å². The van der Waals surface area contributed by atoms with E-state index >= 15 is 0 Å². The van der Waals surface area contributed by atoms with Gasteiger partial charge in [-0.05, 0) is 56.6 Å². The van der Waals surface area contributed by atoms with E-state index in [9.17, 15) is 27.2 Å². The number of nitrogens with two attached hydrogens (primary N) is 1. The molecule has 42 heavy (non-hydrogen) atoms. The van der Waals surface area contributed by atoms with Crippen molar-refractivity contribution >= 4 is 35.0 Å². The Hall–Kier alpha value is -5.05. The monoisotopic (exact) mass is 586 g/mol. The molecule has 0 spiro atoms. The lowest BCUT2D eigenvalue weighted by Crippen LogP contribution is -2.57. The maximum Gasteiger partial charge on any atom is 0.416 e. The number of hydrogen-bond donors (Lipinski definition) is 3. The van der Waals surface area contributed by atoms with Crippen LogP contribution in [-0.4, -0.2) is 65.5 Å². The lowest BCUT2D eigenvalue weighted by molar-refractivity contribution is -0.138. The summed E-state index contributed by atoms with van der Waals surface area (Å²) in [6.45, 7) is -0.974. The van der Waals surface area contributed by atoms with E-state index in [2.05, 4.69) is 15.5 Å². The first-order valence-corrected chi connectivity index (χ1v) is 12.3. The Bertz CT molecular complexity index is 1540. The molecule has 1 aromatic heterocycles.